The number of nitrogens with one attached hydrogen (secondary N) is 1. The number of halogens is 1. The van der Waals surface area contributed by atoms with E-state index in [0.717, 1.165) is 18.0 Å². The van der Waals surface area contributed by atoms with Crippen LogP contribution in [0.1, 0.15) is 12.5 Å². The minimum Gasteiger partial charge on any atom is -0.329 e. The van der Waals surface area contributed by atoms with Gasteiger partial charge in [0.05, 0.1) is 0 Å². The van der Waals surface area contributed by atoms with Crippen molar-refractivity contribution >= 4 is 11.6 Å². The summed E-state index contributed by atoms with van der Waals surface area (Å²) < 4.78 is 0. The van der Waals surface area contributed by atoms with Gasteiger partial charge in [-0.2, -0.15) is 0 Å². The summed E-state index contributed by atoms with van der Waals surface area (Å²) in [6.45, 7) is 3.66. The lowest BCUT2D eigenvalue weighted by molar-refractivity contribution is 0.559. The molecule has 1 aromatic rings. The molecule has 14 heavy (non-hydrogen) atoms. The molecule has 3 heteroatoms. The zero-order valence-electron chi connectivity index (χ0n) is 8.46. The number of rotatable bonds is 5. The second kappa shape index (κ2) is 6.02. The third-order valence-electron chi connectivity index (χ3n) is 2.20. The van der Waals surface area contributed by atoms with Crippen LogP contribution in [0.25, 0.3) is 0 Å². The average molecular weight is 213 g/mol. The first kappa shape index (κ1) is 11.5. The lowest BCUT2D eigenvalue weighted by Crippen LogP contribution is -2.34. The van der Waals surface area contributed by atoms with E-state index >= 15 is 0 Å². The maximum Gasteiger partial charge on any atom is 0.0438 e. The fraction of sp³-hybridized carbons (Fsp3) is 0.455. The van der Waals surface area contributed by atoms with Crippen molar-refractivity contribution in [3.63, 3.8) is 0 Å². The molecule has 78 valence electrons. The van der Waals surface area contributed by atoms with Crippen molar-refractivity contribution in [3.05, 3.63) is 34.9 Å². The van der Waals surface area contributed by atoms with Gasteiger partial charge >= 0.3 is 0 Å². The predicted octanol–water partition coefficient (Wildman–Crippen LogP) is 1.82. The summed E-state index contributed by atoms with van der Waals surface area (Å²) in [4.78, 5) is 0. The maximum atomic E-state index is 6.02. The molecular formula is C11H17ClN2. The summed E-state index contributed by atoms with van der Waals surface area (Å²) in [5, 5.41) is 4.17. The normalized spacial score (nSPS) is 12.8. The number of nitrogens with two attached hydrogens (primary N) is 1. The molecule has 0 heterocycles. The Kier molecular flexibility index (Phi) is 4.94. The second-order valence-electron chi connectivity index (χ2n) is 3.43. The molecule has 0 aliphatic rings. The predicted molar refractivity (Wildman–Crippen MR) is 61.7 cm³/mol. The first-order valence-corrected chi connectivity index (χ1v) is 5.28. The van der Waals surface area contributed by atoms with Crippen molar-refractivity contribution in [2.75, 3.05) is 13.1 Å². The van der Waals surface area contributed by atoms with Crippen molar-refractivity contribution in [1.82, 2.24) is 5.32 Å². The lowest BCUT2D eigenvalue weighted by atomic mass is 10.1. The Morgan fingerprint density at radius 3 is 2.79 bits per heavy atom. The molecule has 1 atom stereocenters. The molecule has 0 saturated heterocycles. The van der Waals surface area contributed by atoms with E-state index in [1.165, 1.54) is 5.56 Å². The molecule has 0 aliphatic carbocycles. The van der Waals surface area contributed by atoms with Gasteiger partial charge in [0.15, 0.2) is 0 Å². The molecule has 0 spiro atoms. The van der Waals surface area contributed by atoms with Crippen LogP contribution in [0.15, 0.2) is 24.3 Å². The van der Waals surface area contributed by atoms with Gasteiger partial charge in [-0.15, -0.1) is 0 Å². The molecule has 0 unspecified atom stereocenters. The molecule has 1 aromatic carbocycles. The van der Waals surface area contributed by atoms with Gasteiger partial charge < -0.3 is 11.1 Å². The lowest BCUT2D eigenvalue weighted by Gasteiger charge is -2.11. The van der Waals surface area contributed by atoms with Crippen molar-refractivity contribution in [3.8, 4) is 0 Å². The third-order valence-corrected chi connectivity index (χ3v) is 2.57. The van der Waals surface area contributed by atoms with Gasteiger partial charge in [0.1, 0.15) is 0 Å². The first-order chi connectivity index (χ1) is 6.74. The van der Waals surface area contributed by atoms with Gasteiger partial charge in [-0.05, 0) is 31.5 Å². The molecule has 0 radical (unpaired) electrons. The minimum absolute atomic E-state index is 0.373. The molecule has 0 bridgehead atoms. The molecule has 0 aliphatic heterocycles. The van der Waals surface area contributed by atoms with Crippen LogP contribution in [-0.4, -0.2) is 19.1 Å². The average Bonchev–Trinajstić information content (AvgIpc) is 2.20. The van der Waals surface area contributed by atoms with Crippen LogP contribution >= 0.6 is 11.6 Å². The topological polar surface area (TPSA) is 38.0 Å². The molecule has 0 amide bonds. The van der Waals surface area contributed by atoms with Gasteiger partial charge in [-0.1, -0.05) is 29.8 Å². The van der Waals surface area contributed by atoms with Crippen LogP contribution in [0.5, 0.6) is 0 Å². The second-order valence-corrected chi connectivity index (χ2v) is 3.84. The highest BCUT2D eigenvalue weighted by molar-refractivity contribution is 6.31. The van der Waals surface area contributed by atoms with E-state index in [9.17, 15) is 0 Å². The zero-order valence-corrected chi connectivity index (χ0v) is 9.22. The quantitative estimate of drug-likeness (QED) is 0.782. The smallest absolute Gasteiger partial charge is 0.0438 e. The largest absolute Gasteiger partial charge is 0.329 e. The molecule has 0 fully saturated rings. The Balaban J connectivity index is 2.35. The summed E-state index contributed by atoms with van der Waals surface area (Å²) in [7, 11) is 0. The molecule has 0 aromatic heterocycles. The summed E-state index contributed by atoms with van der Waals surface area (Å²) in [6, 6.07) is 8.30. The van der Waals surface area contributed by atoms with Crippen molar-refractivity contribution in [2.45, 2.75) is 19.4 Å². The Labute approximate surface area is 90.4 Å². The zero-order chi connectivity index (χ0) is 10.4. The Bertz CT molecular complexity index is 276. The maximum absolute atomic E-state index is 6.02. The van der Waals surface area contributed by atoms with Crippen LogP contribution < -0.4 is 11.1 Å². The standard InChI is InChI=1S/C11H17ClN2/c1-9(8-13)14-7-6-10-4-2-3-5-11(10)12/h2-5,9,14H,6-8,13H2,1H3/t9-/m0/s1. The molecular weight excluding hydrogens is 196 g/mol. The van der Waals surface area contributed by atoms with E-state index in [1.807, 2.05) is 18.2 Å². The van der Waals surface area contributed by atoms with Crippen molar-refractivity contribution in [1.29, 1.82) is 0 Å². The van der Waals surface area contributed by atoms with Crippen molar-refractivity contribution < 1.29 is 0 Å². The van der Waals surface area contributed by atoms with E-state index in [0.29, 0.717) is 12.6 Å². The van der Waals surface area contributed by atoms with E-state index < -0.39 is 0 Å². The molecule has 3 N–H and O–H groups in total. The van der Waals surface area contributed by atoms with E-state index in [1.54, 1.807) is 0 Å². The van der Waals surface area contributed by atoms with Crippen LogP contribution in [-0.2, 0) is 6.42 Å². The van der Waals surface area contributed by atoms with E-state index in [2.05, 4.69) is 18.3 Å². The Morgan fingerprint density at radius 2 is 2.14 bits per heavy atom. The molecule has 1 rings (SSSR count). The number of hydrogen-bond acceptors (Lipinski definition) is 2. The summed E-state index contributed by atoms with van der Waals surface area (Å²) in [5.41, 5.74) is 6.68. The van der Waals surface area contributed by atoms with Gasteiger partial charge in [-0.25, -0.2) is 0 Å². The van der Waals surface area contributed by atoms with Crippen LogP contribution in [0.4, 0.5) is 0 Å². The van der Waals surface area contributed by atoms with Gasteiger partial charge in [0, 0.05) is 17.6 Å². The number of hydrogen-bond donors (Lipinski definition) is 2. The van der Waals surface area contributed by atoms with E-state index in [4.69, 9.17) is 17.3 Å². The Morgan fingerprint density at radius 1 is 1.43 bits per heavy atom. The highest BCUT2D eigenvalue weighted by Gasteiger charge is 2.00. The third kappa shape index (κ3) is 3.66. The summed E-state index contributed by atoms with van der Waals surface area (Å²) in [6.07, 6.45) is 0.948. The van der Waals surface area contributed by atoms with Crippen LogP contribution in [0.3, 0.4) is 0 Å². The van der Waals surface area contributed by atoms with Crippen LogP contribution in [0.2, 0.25) is 5.02 Å². The first-order valence-electron chi connectivity index (χ1n) is 4.91. The summed E-state index contributed by atoms with van der Waals surface area (Å²) in [5.74, 6) is 0. The van der Waals surface area contributed by atoms with Crippen LogP contribution in [0, 0.1) is 0 Å². The number of benzene rings is 1. The molecule has 0 saturated carbocycles. The summed E-state index contributed by atoms with van der Waals surface area (Å²) >= 11 is 6.02. The fourth-order valence-electron chi connectivity index (χ4n) is 1.24. The minimum atomic E-state index is 0.373. The van der Waals surface area contributed by atoms with E-state index in [-0.39, 0.29) is 0 Å². The van der Waals surface area contributed by atoms with Gasteiger partial charge in [0.25, 0.3) is 0 Å². The molecule has 2 nitrogen and oxygen atoms in total. The fourth-order valence-corrected chi connectivity index (χ4v) is 1.47. The Hall–Kier alpha value is -0.570. The SMILES string of the molecule is C[C@@H](CN)NCCc1ccccc1Cl. The van der Waals surface area contributed by atoms with Gasteiger partial charge in [0.2, 0.25) is 0 Å². The van der Waals surface area contributed by atoms with Crippen molar-refractivity contribution in [2.24, 2.45) is 5.73 Å². The van der Waals surface area contributed by atoms with Gasteiger partial charge in [-0.3, -0.25) is 0 Å². The highest BCUT2D eigenvalue weighted by atomic mass is 35.5. The highest BCUT2D eigenvalue weighted by Crippen LogP contribution is 2.14. The monoisotopic (exact) mass is 212 g/mol.